The maximum atomic E-state index is 12.4. The molecule has 22 heavy (non-hydrogen) atoms. The summed E-state index contributed by atoms with van der Waals surface area (Å²) < 4.78 is 0. The number of nitrogens with zero attached hydrogens (tertiary/aromatic N) is 1. The number of nitrogens with one attached hydrogen (secondary N) is 1. The largest absolute Gasteiger partial charge is 0.324 e. The topological polar surface area (TPSA) is 49.4 Å². The highest BCUT2D eigenvalue weighted by atomic mass is 16.2. The lowest BCUT2D eigenvalue weighted by molar-refractivity contribution is -0.118. The molecule has 1 unspecified atom stereocenters. The molecule has 1 aromatic rings. The second kappa shape index (κ2) is 6.21. The maximum absolute atomic E-state index is 12.4. The van der Waals surface area contributed by atoms with Gasteiger partial charge in [-0.05, 0) is 57.6 Å². The molecule has 2 fully saturated rings. The Balaban J connectivity index is 1.65. The first-order chi connectivity index (χ1) is 10.6. The zero-order valence-corrected chi connectivity index (χ0v) is 13.3. The molecule has 1 aromatic carbocycles. The lowest BCUT2D eigenvalue weighted by Crippen LogP contribution is -2.42. The summed E-state index contributed by atoms with van der Waals surface area (Å²) in [5.41, 5.74) is 1.19. The van der Waals surface area contributed by atoms with Crippen molar-refractivity contribution in [2.75, 3.05) is 11.9 Å². The van der Waals surface area contributed by atoms with E-state index in [0.29, 0.717) is 29.9 Å². The van der Waals surface area contributed by atoms with Crippen LogP contribution in [0.15, 0.2) is 24.3 Å². The minimum Gasteiger partial charge on any atom is -0.324 e. The predicted molar refractivity (Wildman–Crippen MR) is 87.0 cm³/mol. The predicted octanol–water partition coefficient (Wildman–Crippen LogP) is 3.09. The Labute approximate surface area is 131 Å². The van der Waals surface area contributed by atoms with E-state index in [1.54, 1.807) is 12.1 Å². The normalized spacial score (nSPS) is 19.0. The van der Waals surface area contributed by atoms with Crippen molar-refractivity contribution < 1.29 is 9.59 Å². The van der Waals surface area contributed by atoms with Gasteiger partial charge in [-0.1, -0.05) is 12.1 Å². The molecule has 3 rings (SSSR count). The van der Waals surface area contributed by atoms with Crippen molar-refractivity contribution in [2.45, 2.75) is 51.6 Å². The highest BCUT2D eigenvalue weighted by molar-refractivity contribution is 6.04. The Hall–Kier alpha value is -1.68. The molecule has 0 aromatic heterocycles. The van der Waals surface area contributed by atoms with Crippen LogP contribution >= 0.6 is 0 Å². The van der Waals surface area contributed by atoms with E-state index in [-0.39, 0.29) is 11.7 Å². The summed E-state index contributed by atoms with van der Waals surface area (Å²) in [5.74, 6) is 0.715. The molecule has 2 aliphatic carbocycles. The fraction of sp³-hybridized carbons (Fsp3) is 0.556. The molecule has 1 amide bonds. The van der Waals surface area contributed by atoms with E-state index in [4.69, 9.17) is 0 Å². The third kappa shape index (κ3) is 3.55. The highest BCUT2D eigenvalue weighted by Crippen LogP contribution is 2.39. The summed E-state index contributed by atoms with van der Waals surface area (Å²) in [6, 6.07) is 8.26. The number of Topliss-reactive ketones (excluding diaryl/α,β-unsaturated/α-hetero) is 1. The van der Waals surface area contributed by atoms with Crippen molar-refractivity contribution >= 4 is 17.4 Å². The molecule has 0 saturated heterocycles. The van der Waals surface area contributed by atoms with E-state index in [2.05, 4.69) is 17.1 Å². The fourth-order valence-corrected chi connectivity index (χ4v) is 3.12. The van der Waals surface area contributed by atoms with Crippen LogP contribution in [0.5, 0.6) is 0 Å². The van der Waals surface area contributed by atoms with Crippen LogP contribution in [-0.4, -0.2) is 35.2 Å². The molecule has 0 aliphatic heterocycles. The number of carbonyl (C=O) groups is 2. The Morgan fingerprint density at radius 1 is 1.23 bits per heavy atom. The van der Waals surface area contributed by atoms with Gasteiger partial charge in [-0.15, -0.1) is 0 Å². The van der Waals surface area contributed by atoms with Gasteiger partial charge in [-0.3, -0.25) is 14.5 Å². The van der Waals surface area contributed by atoms with Crippen LogP contribution in [0.3, 0.4) is 0 Å². The zero-order valence-electron chi connectivity index (χ0n) is 13.3. The number of ketones is 1. The van der Waals surface area contributed by atoms with E-state index in [9.17, 15) is 9.59 Å². The summed E-state index contributed by atoms with van der Waals surface area (Å²) in [6.07, 6.45) is 4.99. The number of para-hydroxylation sites is 1. The average molecular weight is 300 g/mol. The van der Waals surface area contributed by atoms with E-state index in [1.165, 1.54) is 32.6 Å². The summed E-state index contributed by atoms with van der Waals surface area (Å²) in [5, 5.41) is 2.92. The van der Waals surface area contributed by atoms with Gasteiger partial charge in [-0.2, -0.15) is 0 Å². The van der Waals surface area contributed by atoms with Gasteiger partial charge in [0.2, 0.25) is 5.91 Å². The van der Waals surface area contributed by atoms with Crippen molar-refractivity contribution in [2.24, 2.45) is 5.92 Å². The second-order valence-corrected chi connectivity index (χ2v) is 6.63. The number of amides is 1. The van der Waals surface area contributed by atoms with Crippen LogP contribution in [-0.2, 0) is 4.79 Å². The highest BCUT2D eigenvalue weighted by Gasteiger charge is 2.39. The molecule has 1 atom stereocenters. The third-order valence-electron chi connectivity index (χ3n) is 4.75. The van der Waals surface area contributed by atoms with Crippen LogP contribution in [0.25, 0.3) is 0 Å². The summed E-state index contributed by atoms with van der Waals surface area (Å²) >= 11 is 0. The standard InChI is InChI=1S/C18H24N2O2/c1-12(14-7-8-14)20(15-9-10-15)11-18(22)19-17-6-4-3-5-16(17)13(2)21/h3-6,12,14-15H,7-11H2,1-2H3,(H,19,22). The third-order valence-corrected chi connectivity index (χ3v) is 4.75. The molecule has 4 nitrogen and oxygen atoms in total. The number of hydrogen-bond acceptors (Lipinski definition) is 3. The van der Waals surface area contributed by atoms with Crippen molar-refractivity contribution in [3.8, 4) is 0 Å². The quantitative estimate of drug-likeness (QED) is 0.787. The van der Waals surface area contributed by atoms with E-state index < -0.39 is 0 Å². The minimum atomic E-state index is -0.0266. The number of carbonyl (C=O) groups excluding carboxylic acids is 2. The van der Waals surface area contributed by atoms with Crippen LogP contribution < -0.4 is 5.32 Å². The molecule has 2 aliphatic rings. The fourth-order valence-electron chi connectivity index (χ4n) is 3.12. The molecular formula is C18H24N2O2. The molecule has 1 N–H and O–H groups in total. The average Bonchev–Trinajstić information content (AvgIpc) is 3.37. The number of rotatable bonds is 7. The Bertz CT molecular complexity index is 576. The van der Waals surface area contributed by atoms with Gasteiger partial charge in [0, 0.05) is 17.6 Å². The molecule has 2 saturated carbocycles. The van der Waals surface area contributed by atoms with Crippen molar-refractivity contribution in [1.29, 1.82) is 0 Å². The van der Waals surface area contributed by atoms with Gasteiger partial charge < -0.3 is 5.32 Å². The first-order valence-electron chi connectivity index (χ1n) is 8.22. The molecule has 0 radical (unpaired) electrons. The smallest absolute Gasteiger partial charge is 0.238 e. The number of anilines is 1. The minimum absolute atomic E-state index is 0.0203. The molecule has 0 heterocycles. The maximum Gasteiger partial charge on any atom is 0.238 e. The van der Waals surface area contributed by atoms with E-state index >= 15 is 0 Å². The summed E-state index contributed by atoms with van der Waals surface area (Å²) in [7, 11) is 0. The van der Waals surface area contributed by atoms with Crippen molar-refractivity contribution in [3.63, 3.8) is 0 Å². The summed E-state index contributed by atoms with van der Waals surface area (Å²) in [6.45, 7) is 4.19. The van der Waals surface area contributed by atoms with Crippen LogP contribution in [0.1, 0.15) is 49.9 Å². The van der Waals surface area contributed by atoms with Crippen LogP contribution in [0.2, 0.25) is 0 Å². The van der Waals surface area contributed by atoms with Crippen LogP contribution in [0.4, 0.5) is 5.69 Å². The Morgan fingerprint density at radius 2 is 1.91 bits per heavy atom. The number of hydrogen-bond donors (Lipinski definition) is 1. The lowest BCUT2D eigenvalue weighted by Gasteiger charge is -2.28. The molecule has 0 bridgehead atoms. The molecule has 118 valence electrons. The molecule has 0 spiro atoms. The van der Waals surface area contributed by atoms with Crippen LogP contribution in [0, 0.1) is 5.92 Å². The van der Waals surface area contributed by atoms with Gasteiger partial charge in [0.25, 0.3) is 0 Å². The van der Waals surface area contributed by atoms with Gasteiger partial charge in [0.05, 0.1) is 12.2 Å². The first-order valence-corrected chi connectivity index (χ1v) is 8.22. The SMILES string of the molecule is CC(=O)c1ccccc1NC(=O)CN(C1CC1)C(C)C1CC1. The van der Waals surface area contributed by atoms with Crippen molar-refractivity contribution in [3.05, 3.63) is 29.8 Å². The summed E-state index contributed by atoms with van der Waals surface area (Å²) in [4.78, 5) is 26.4. The molecular weight excluding hydrogens is 276 g/mol. The molecule has 4 heteroatoms. The first kappa shape index (κ1) is 15.2. The second-order valence-electron chi connectivity index (χ2n) is 6.63. The monoisotopic (exact) mass is 300 g/mol. The van der Waals surface area contributed by atoms with Gasteiger partial charge in [0.15, 0.2) is 5.78 Å². The Morgan fingerprint density at radius 3 is 2.50 bits per heavy atom. The zero-order chi connectivity index (χ0) is 15.7. The van der Waals surface area contributed by atoms with E-state index in [0.717, 1.165) is 5.92 Å². The van der Waals surface area contributed by atoms with Gasteiger partial charge in [-0.25, -0.2) is 0 Å². The van der Waals surface area contributed by atoms with E-state index in [1.807, 2.05) is 12.1 Å². The van der Waals surface area contributed by atoms with Gasteiger partial charge in [0.1, 0.15) is 0 Å². The van der Waals surface area contributed by atoms with Crippen molar-refractivity contribution in [1.82, 2.24) is 4.90 Å². The lowest BCUT2D eigenvalue weighted by atomic mass is 10.1. The number of benzene rings is 1. The Kier molecular flexibility index (Phi) is 4.30. The van der Waals surface area contributed by atoms with Gasteiger partial charge >= 0.3 is 0 Å².